The molecule has 0 amide bonds. The predicted octanol–water partition coefficient (Wildman–Crippen LogP) is 2.04. The third-order valence-electron chi connectivity index (χ3n) is 1.73. The maximum Gasteiger partial charge on any atom is 0.213 e. The van der Waals surface area contributed by atoms with Crippen molar-refractivity contribution >= 4 is 17.4 Å². The Labute approximate surface area is 91.5 Å². The minimum absolute atomic E-state index is 0.334. The van der Waals surface area contributed by atoms with E-state index in [0.29, 0.717) is 23.4 Å². The van der Waals surface area contributed by atoms with Crippen LogP contribution in [0.5, 0.6) is 0 Å². The molecule has 0 radical (unpaired) electrons. The van der Waals surface area contributed by atoms with Crippen LogP contribution in [-0.4, -0.2) is 15.0 Å². The molecule has 15 heavy (non-hydrogen) atoms. The Hall–Kier alpha value is -1.62. The molecule has 0 fully saturated rings. The fraction of sp³-hybridized carbons (Fsp3) is 0.222. The summed E-state index contributed by atoms with van der Waals surface area (Å²) in [5.41, 5.74) is 0. The van der Waals surface area contributed by atoms with Crippen molar-refractivity contribution in [3.8, 4) is 0 Å². The van der Waals surface area contributed by atoms with E-state index in [2.05, 4.69) is 20.3 Å². The number of nitrogens with one attached hydrogen (secondary N) is 1. The lowest BCUT2D eigenvalue weighted by Gasteiger charge is -2.02. The molecule has 2 aromatic rings. The monoisotopic (exact) mass is 224 g/mol. The van der Waals surface area contributed by atoms with Crippen LogP contribution in [0.25, 0.3) is 0 Å². The maximum absolute atomic E-state index is 5.81. The molecule has 0 aliphatic rings. The molecule has 6 heteroatoms. The number of rotatable bonds is 3. The Balaban J connectivity index is 2.02. The van der Waals surface area contributed by atoms with Crippen molar-refractivity contribution in [1.82, 2.24) is 15.0 Å². The first-order valence-corrected chi connectivity index (χ1v) is 4.75. The second-order valence-electron chi connectivity index (χ2n) is 2.91. The van der Waals surface area contributed by atoms with Gasteiger partial charge in [0.2, 0.25) is 5.89 Å². The Morgan fingerprint density at radius 3 is 2.80 bits per heavy atom. The van der Waals surface area contributed by atoms with Crippen LogP contribution < -0.4 is 5.32 Å². The number of nitrogens with zero attached hydrogens (tertiary/aromatic N) is 3. The fourth-order valence-corrected chi connectivity index (χ4v) is 1.25. The highest BCUT2D eigenvalue weighted by Crippen LogP contribution is 2.15. The zero-order valence-corrected chi connectivity index (χ0v) is 8.82. The molecule has 0 saturated heterocycles. The molecule has 2 heterocycles. The van der Waals surface area contributed by atoms with Gasteiger partial charge in [-0.3, -0.25) is 0 Å². The average molecular weight is 225 g/mol. The van der Waals surface area contributed by atoms with E-state index in [4.69, 9.17) is 16.0 Å². The summed E-state index contributed by atoms with van der Waals surface area (Å²) >= 11 is 5.81. The summed E-state index contributed by atoms with van der Waals surface area (Å²) in [6.45, 7) is 2.28. The van der Waals surface area contributed by atoms with E-state index < -0.39 is 0 Å². The smallest absolute Gasteiger partial charge is 0.213 e. The summed E-state index contributed by atoms with van der Waals surface area (Å²) in [4.78, 5) is 12.0. The van der Waals surface area contributed by atoms with Crippen LogP contribution in [-0.2, 0) is 6.54 Å². The van der Waals surface area contributed by atoms with Crippen LogP contribution in [0.4, 0.5) is 5.82 Å². The molecule has 0 bridgehead atoms. The van der Waals surface area contributed by atoms with Gasteiger partial charge in [0.05, 0.1) is 12.7 Å². The Kier molecular flexibility index (Phi) is 2.82. The topological polar surface area (TPSA) is 63.8 Å². The molecule has 2 rings (SSSR count). The van der Waals surface area contributed by atoms with Gasteiger partial charge in [-0.15, -0.1) is 0 Å². The van der Waals surface area contributed by atoms with Crippen molar-refractivity contribution in [1.29, 1.82) is 0 Å². The quantitative estimate of drug-likeness (QED) is 0.864. The third kappa shape index (κ3) is 2.44. The number of hydrogen-bond donors (Lipinski definition) is 1. The van der Waals surface area contributed by atoms with Crippen LogP contribution in [0.3, 0.4) is 0 Å². The largest absolute Gasteiger partial charge is 0.444 e. The Bertz CT molecular complexity index is 457. The summed E-state index contributed by atoms with van der Waals surface area (Å²) in [7, 11) is 0. The van der Waals surface area contributed by atoms with Gasteiger partial charge in [0.15, 0.2) is 11.0 Å². The van der Waals surface area contributed by atoms with Gasteiger partial charge in [-0.2, -0.15) is 0 Å². The SMILES string of the molecule is Cc1cnc(CNc2nccnc2Cl)o1. The number of anilines is 1. The van der Waals surface area contributed by atoms with E-state index >= 15 is 0 Å². The normalized spacial score (nSPS) is 10.3. The lowest BCUT2D eigenvalue weighted by Crippen LogP contribution is -2.02. The predicted molar refractivity (Wildman–Crippen MR) is 55.6 cm³/mol. The molecular weight excluding hydrogens is 216 g/mol. The molecule has 0 aliphatic heterocycles. The molecule has 0 saturated carbocycles. The number of aryl methyl sites for hydroxylation is 1. The van der Waals surface area contributed by atoms with Crippen LogP contribution >= 0.6 is 11.6 Å². The molecule has 0 atom stereocenters. The maximum atomic E-state index is 5.81. The van der Waals surface area contributed by atoms with E-state index in [-0.39, 0.29) is 0 Å². The molecule has 0 aromatic carbocycles. The molecule has 0 unspecified atom stereocenters. The number of oxazole rings is 1. The van der Waals surface area contributed by atoms with Crippen molar-refractivity contribution in [2.45, 2.75) is 13.5 Å². The molecule has 78 valence electrons. The van der Waals surface area contributed by atoms with Crippen LogP contribution in [0.1, 0.15) is 11.7 Å². The number of halogens is 1. The van der Waals surface area contributed by atoms with E-state index in [1.165, 1.54) is 6.20 Å². The van der Waals surface area contributed by atoms with Crippen LogP contribution in [0.2, 0.25) is 5.15 Å². The van der Waals surface area contributed by atoms with Crippen LogP contribution in [0.15, 0.2) is 23.0 Å². The van der Waals surface area contributed by atoms with Gasteiger partial charge in [-0.25, -0.2) is 15.0 Å². The van der Waals surface area contributed by atoms with E-state index in [1.54, 1.807) is 12.4 Å². The highest BCUT2D eigenvalue weighted by molar-refractivity contribution is 6.31. The first kappa shape index (κ1) is 9.92. The summed E-state index contributed by atoms with van der Waals surface area (Å²) < 4.78 is 5.28. The Morgan fingerprint density at radius 1 is 1.33 bits per heavy atom. The van der Waals surface area contributed by atoms with Crippen molar-refractivity contribution < 1.29 is 4.42 Å². The van der Waals surface area contributed by atoms with Crippen molar-refractivity contribution in [2.24, 2.45) is 0 Å². The zero-order valence-electron chi connectivity index (χ0n) is 8.07. The van der Waals surface area contributed by atoms with Gasteiger partial charge in [-0.05, 0) is 6.92 Å². The van der Waals surface area contributed by atoms with E-state index in [9.17, 15) is 0 Å². The van der Waals surface area contributed by atoms with Gasteiger partial charge in [0.25, 0.3) is 0 Å². The number of hydrogen-bond acceptors (Lipinski definition) is 5. The van der Waals surface area contributed by atoms with Crippen molar-refractivity contribution in [2.75, 3.05) is 5.32 Å². The summed E-state index contributed by atoms with van der Waals surface area (Å²) in [5.74, 6) is 1.89. The van der Waals surface area contributed by atoms with E-state index in [0.717, 1.165) is 5.76 Å². The number of aromatic nitrogens is 3. The molecular formula is C9H9ClN4O. The minimum Gasteiger partial charge on any atom is -0.444 e. The lowest BCUT2D eigenvalue weighted by atomic mass is 10.6. The standard InChI is InChI=1S/C9H9ClN4O/c1-6-4-13-7(15-6)5-14-9-8(10)11-2-3-12-9/h2-4H,5H2,1H3,(H,12,14). The fourth-order valence-electron chi connectivity index (χ4n) is 1.08. The molecule has 0 spiro atoms. The average Bonchev–Trinajstić information content (AvgIpc) is 2.63. The van der Waals surface area contributed by atoms with Crippen molar-refractivity contribution in [3.63, 3.8) is 0 Å². The van der Waals surface area contributed by atoms with Gasteiger partial charge < -0.3 is 9.73 Å². The third-order valence-corrected chi connectivity index (χ3v) is 2.01. The van der Waals surface area contributed by atoms with Gasteiger partial charge in [0.1, 0.15) is 5.76 Å². The molecule has 0 aliphatic carbocycles. The molecule has 5 nitrogen and oxygen atoms in total. The molecule has 2 aromatic heterocycles. The molecule has 1 N–H and O–H groups in total. The summed E-state index contributed by atoms with van der Waals surface area (Å²) in [6, 6.07) is 0. The summed E-state index contributed by atoms with van der Waals surface area (Å²) in [5, 5.41) is 3.31. The van der Waals surface area contributed by atoms with Gasteiger partial charge >= 0.3 is 0 Å². The second-order valence-corrected chi connectivity index (χ2v) is 3.27. The Morgan fingerprint density at radius 2 is 2.13 bits per heavy atom. The highest BCUT2D eigenvalue weighted by atomic mass is 35.5. The van der Waals surface area contributed by atoms with Gasteiger partial charge in [0, 0.05) is 12.4 Å². The van der Waals surface area contributed by atoms with Crippen LogP contribution in [0, 0.1) is 6.92 Å². The first-order chi connectivity index (χ1) is 7.25. The van der Waals surface area contributed by atoms with Gasteiger partial charge in [-0.1, -0.05) is 11.6 Å². The first-order valence-electron chi connectivity index (χ1n) is 4.37. The van der Waals surface area contributed by atoms with Crippen molar-refractivity contribution in [3.05, 3.63) is 35.4 Å². The minimum atomic E-state index is 0.334. The van der Waals surface area contributed by atoms with E-state index in [1.807, 2.05) is 6.92 Å². The zero-order chi connectivity index (χ0) is 10.7. The lowest BCUT2D eigenvalue weighted by molar-refractivity contribution is 0.479. The second kappa shape index (κ2) is 4.27. The summed E-state index contributed by atoms with van der Waals surface area (Å²) in [6.07, 6.45) is 4.76. The highest BCUT2D eigenvalue weighted by Gasteiger charge is 2.04.